The van der Waals surface area contributed by atoms with Gasteiger partial charge in [0.15, 0.2) is 11.6 Å². The van der Waals surface area contributed by atoms with Crippen LogP contribution in [0.4, 0.5) is 20.5 Å². The zero-order chi connectivity index (χ0) is 32.2. The fourth-order valence-corrected chi connectivity index (χ4v) is 5.16. The summed E-state index contributed by atoms with van der Waals surface area (Å²) >= 11 is 0. The molecule has 1 saturated carbocycles. The maximum Gasteiger partial charge on any atom is 0.328 e. The predicted octanol–water partition coefficient (Wildman–Crippen LogP) is 4.18. The second kappa shape index (κ2) is 13.4. The molecule has 45 heavy (non-hydrogen) atoms. The lowest BCUT2D eigenvalue weighted by Gasteiger charge is -2.29. The maximum atomic E-state index is 15.0. The lowest BCUT2D eigenvalue weighted by Crippen LogP contribution is -2.36. The predicted molar refractivity (Wildman–Crippen MR) is 163 cm³/mol. The normalized spacial score (nSPS) is 14.8. The van der Waals surface area contributed by atoms with E-state index in [0.29, 0.717) is 40.6 Å². The zero-order valence-electron chi connectivity index (χ0n) is 25.2. The molecule has 0 bridgehead atoms. The van der Waals surface area contributed by atoms with E-state index in [1.807, 2.05) is 17.6 Å². The third-order valence-corrected chi connectivity index (χ3v) is 7.45. The summed E-state index contributed by atoms with van der Waals surface area (Å²) in [6.07, 6.45) is 5.16. The van der Waals surface area contributed by atoms with Crippen molar-refractivity contribution in [3.63, 3.8) is 0 Å². The summed E-state index contributed by atoms with van der Waals surface area (Å²) in [5.74, 6) is -2.05. The summed E-state index contributed by atoms with van der Waals surface area (Å²) in [6.45, 7) is 5.74. The first-order chi connectivity index (χ1) is 21.5. The highest BCUT2D eigenvalue weighted by molar-refractivity contribution is 5.89. The number of carboxylic acids is 2. The number of aryl methyl sites for hydroxylation is 1. The molecule has 1 aliphatic carbocycles. The highest BCUT2D eigenvalue weighted by atomic mass is 19.1. The van der Waals surface area contributed by atoms with E-state index in [1.54, 1.807) is 6.07 Å². The Morgan fingerprint density at radius 2 is 1.80 bits per heavy atom. The molecule has 3 aromatic heterocycles. The Morgan fingerprint density at radius 1 is 1.07 bits per heavy atom. The van der Waals surface area contributed by atoms with Crippen LogP contribution in [0.5, 0.6) is 0 Å². The zero-order valence-corrected chi connectivity index (χ0v) is 25.2. The number of carboxylic acid groups (broad SMARTS) is 2. The van der Waals surface area contributed by atoms with Crippen LogP contribution >= 0.6 is 0 Å². The Balaban J connectivity index is 0.000000444. The minimum atomic E-state index is -1.26. The molecule has 1 aromatic carbocycles. The van der Waals surface area contributed by atoms with Crippen LogP contribution in [0, 0.1) is 18.6 Å². The second-order valence-electron chi connectivity index (χ2n) is 11.2. The molecule has 0 amide bonds. The number of fused-ring (bicyclic) bond motifs is 2. The molecule has 0 saturated heterocycles. The fourth-order valence-electron chi connectivity index (χ4n) is 5.16. The van der Waals surface area contributed by atoms with Crippen molar-refractivity contribution < 1.29 is 28.6 Å². The van der Waals surface area contributed by atoms with E-state index in [-0.39, 0.29) is 11.6 Å². The molecule has 236 valence electrons. The Labute approximate surface area is 258 Å². The van der Waals surface area contributed by atoms with Crippen molar-refractivity contribution in [1.29, 1.82) is 0 Å². The van der Waals surface area contributed by atoms with Crippen LogP contribution in [-0.2, 0) is 22.6 Å². The molecule has 4 heterocycles. The topological polar surface area (TPSA) is 150 Å². The third kappa shape index (κ3) is 7.83. The average Bonchev–Trinajstić information content (AvgIpc) is 3.77. The molecule has 0 unspecified atom stereocenters. The minimum Gasteiger partial charge on any atom is -0.478 e. The molecule has 0 spiro atoms. The summed E-state index contributed by atoms with van der Waals surface area (Å²) in [5, 5.41) is 18.7. The highest BCUT2D eigenvalue weighted by Crippen LogP contribution is 2.40. The molecule has 1 aliphatic heterocycles. The van der Waals surface area contributed by atoms with E-state index >= 15 is 0 Å². The van der Waals surface area contributed by atoms with Crippen molar-refractivity contribution in [1.82, 2.24) is 34.3 Å². The molecule has 0 atom stereocenters. The number of benzene rings is 1. The van der Waals surface area contributed by atoms with E-state index in [4.69, 9.17) is 15.2 Å². The van der Waals surface area contributed by atoms with Crippen LogP contribution in [-0.4, -0.2) is 90.2 Å². The van der Waals surface area contributed by atoms with Gasteiger partial charge >= 0.3 is 11.9 Å². The summed E-state index contributed by atoms with van der Waals surface area (Å²) in [6, 6.07) is 7.35. The maximum absolute atomic E-state index is 15.0. The summed E-state index contributed by atoms with van der Waals surface area (Å²) in [7, 11) is 4.17. The number of nitrogens with one attached hydrogen (secondary N) is 1. The minimum absolute atomic E-state index is 0.0361. The molecule has 14 heteroatoms. The lowest BCUT2D eigenvalue weighted by molar-refractivity contribution is -0.134. The van der Waals surface area contributed by atoms with Gasteiger partial charge in [0, 0.05) is 62.1 Å². The van der Waals surface area contributed by atoms with Gasteiger partial charge in [-0.3, -0.25) is 4.90 Å². The number of imidazole rings is 1. The van der Waals surface area contributed by atoms with E-state index < -0.39 is 23.6 Å². The van der Waals surface area contributed by atoms with Crippen molar-refractivity contribution in [3.8, 4) is 11.3 Å². The van der Waals surface area contributed by atoms with Gasteiger partial charge in [0.2, 0.25) is 5.95 Å². The van der Waals surface area contributed by atoms with Gasteiger partial charge < -0.3 is 25.0 Å². The molecular formula is C31H34F2N8O4. The van der Waals surface area contributed by atoms with Crippen LogP contribution in [0.2, 0.25) is 0 Å². The van der Waals surface area contributed by atoms with Gasteiger partial charge in [-0.2, -0.15) is 0 Å². The molecular weight excluding hydrogens is 586 g/mol. The van der Waals surface area contributed by atoms with Crippen molar-refractivity contribution in [2.45, 2.75) is 38.8 Å². The Kier molecular flexibility index (Phi) is 9.44. The lowest BCUT2D eigenvalue weighted by atomic mass is 10.1. The Bertz CT molecular complexity index is 1750. The van der Waals surface area contributed by atoms with Gasteiger partial charge in [-0.25, -0.2) is 38.3 Å². The van der Waals surface area contributed by atoms with E-state index in [1.165, 1.54) is 11.6 Å². The van der Waals surface area contributed by atoms with Crippen molar-refractivity contribution in [2.75, 3.05) is 39.0 Å². The van der Waals surface area contributed by atoms with E-state index in [2.05, 4.69) is 50.2 Å². The van der Waals surface area contributed by atoms with Crippen LogP contribution < -0.4 is 5.32 Å². The molecule has 4 aromatic rings. The number of pyridine rings is 1. The van der Waals surface area contributed by atoms with Crippen molar-refractivity contribution >= 4 is 34.7 Å². The monoisotopic (exact) mass is 620 g/mol. The largest absolute Gasteiger partial charge is 0.478 e. The Morgan fingerprint density at radius 3 is 2.47 bits per heavy atom. The second-order valence-corrected chi connectivity index (χ2v) is 11.2. The molecule has 1 fully saturated rings. The first-order valence-electron chi connectivity index (χ1n) is 14.5. The van der Waals surface area contributed by atoms with Crippen LogP contribution in [0.1, 0.15) is 36.0 Å². The number of halogens is 2. The number of rotatable bonds is 9. The Hall–Kier alpha value is -4.82. The standard InChI is InChI=1S/C27H30F2N8.C4H4O4/c1-16-31-26-20(28)12-18(13-23(26)37(16)19-5-6-19)25-21(29)14-30-27(34-25)33-24-7-4-17-15-36(11-10-35(2)3)9-8-22(17)32-24;5-3(6)1-2-4(7)8/h4,7,12-14,19H,5-6,8-11,15H2,1-3H3,(H,30,32,33,34);1-2H,(H,5,6)(H,7,8)/b;2-1-. The first-order valence-corrected chi connectivity index (χ1v) is 14.5. The number of hydrogen-bond donors (Lipinski definition) is 3. The molecule has 0 radical (unpaired) electrons. The number of aromatic nitrogens is 5. The molecule has 2 aliphatic rings. The van der Waals surface area contributed by atoms with E-state index in [9.17, 15) is 18.4 Å². The summed E-state index contributed by atoms with van der Waals surface area (Å²) in [4.78, 5) is 41.4. The molecule has 12 nitrogen and oxygen atoms in total. The molecule has 3 N–H and O–H groups in total. The number of aliphatic carboxylic acids is 2. The third-order valence-electron chi connectivity index (χ3n) is 7.45. The van der Waals surface area contributed by atoms with Gasteiger partial charge in [-0.05, 0) is 57.6 Å². The van der Waals surface area contributed by atoms with Gasteiger partial charge in [-0.15, -0.1) is 0 Å². The fraction of sp³-hybridized carbons (Fsp3) is 0.355. The first kappa shape index (κ1) is 31.6. The van der Waals surface area contributed by atoms with Gasteiger partial charge in [0.1, 0.15) is 22.9 Å². The van der Waals surface area contributed by atoms with Crippen LogP contribution in [0.15, 0.2) is 42.6 Å². The van der Waals surface area contributed by atoms with E-state index in [0.717, 1.165) is 63.2 Å². The molecule has 6 rings (SSSR count). The number of carbonyl (C=O) groups is 2. The highest BCUT2D eigenvalue weighted by Gasteiger charge is 2.28. The van der Waals surface area contributed by atoms with Crippen molar-refractivity contribution in [2.24, 2.45) is 0 Å². The van der Waals surface area contributed by atoms with Crippen LogP contribution in [0.25, 0.3) is 22.3 Å². The average molecular weight is 621 g/mol. The van der Waals surface area contributed by atoms with Gasteiger partial charge in [0.05, 0.1) is 11.7 Å². The van der Waals surface area contributed by atoms with Crippen LogP contribution in [0.3, 0.4) is 0 Å². The number of hydrogen-bond acceptors (Lipinski definition) is 9. The smallest absolute Gasteiger partial charge is 0.328 e. The number of nitrogens with zero attached hydrogens (tertiary/aromatic N) is 7. The quantitative estimate of drug-likeness (QED) is 0.231. The number of anilines is 2. The van der Waals surface area contributed by atoms with Crippen molar-refractivity contribution in [3.05, 3.63) is 71.3 Å². The summed E-state index contributed by atoms with van der Waals surface area (Å²) < 4.78 is 31.9. The number of likely N-dealkylation sites (N-methyl/N-ethyl adjacent to an activating group) is 1. The summed E-state index contributed by atoms with van der Waals surface area (Å²) in [5.41, 5.74) is 3.62. The van der Waals surface area contributed by atoms with Gasteiger partial charge in [0.25, 0.3) is 0 Å². The SMILES string of the molecule is Cc1nc2c(F)cc(-c3nc(Nc4ccc5c(n4)CCN(CCN(C)C)C5)ncc3F)cc2n1C1CC1.O=C(O)/C=C\C(=O)O. The van der Waals surface area contributed by atoms with Gasteiger partial charge in [-0.1, -0.05) is 6.07 Å².